The van der Waals surface area contributed by atoms with Crippen molar-refractivity contribution >= 4 is 5.91 Å². The maximum absolute atomic E-state index is 13.7. The molecule has 3 rings (SSSR count). The van der Waals surface area contributed by atoms with Gasteiger partial charge in [0.15, 0.2) is 0 Å². The lowest BCUT2D eigenvalue weighted by molar-refractivity contribution is -0.133. The number of carbonyl (C=O) groups is 1. The van der Waals surface area contributed by atoms with Crippen molar-refractivity contribution in [3.63, 3.8) is 0 Å². The van der Waals surface area contributed by atoms with Crippen LogP contribution in [0.25, 0.3) is 0 Å². The van der Waals surface area contributed by atoms with Crippen molar-refractivity contribution in [3.05, 3.63) is 71.5 Å². The van der Waals surface area contributed by atoms with Crippen LogP contribution in [0.15, 0.2) is 54.6 Å². The molecular weight excluding hydrogens is 329 g/mol. The van der Waals surface area contributed by atoms with Crippen LogP contribution in [0.3, 0.4) is 0 Å². The smallest absolute Gasteiger partial charge is 0.222 e. The number of aryl methyl sites for hydroxylation is 1. The summed E-state index contributed by atoms with van der Waals surface area (Å²) in [6.45, 7) is 1.49. The number of likely N-dealkylation sites (tertiary alicyclic amines) is 1. The number of benzene rings is 2. The normalized spacial score (nSPS) is 16.5. The van der Waals surface area contributed by atoms with E-state index in [9.17, 15) is 9.18 Å². The topological polar surface area (TPSA) is 29.5 Å². The van der Waals surface area contributed by atoms with Crippen LogP contribution < -0.4 is 0 Å². The van der Waals surface area contributed by atoms with Crippen LogP contribution in [0.4, 0.5) is 4.39 Å². The Bertz CT molecular complexity index is 711. The van der Waals surface area contributed by atoms with Crippen molar-refractivity contribution in [1.29, 1.82) is 0 Å². The molecule has 0 aliphatic carbocycles. The van der Waals surface area contributed by atoms with Gasteiger partial charge in [-0.05, 0) is 42.4 Å². The van der Waals surface area contributed by atoms with E-state index in [1.54, 1.807) is 19.2 Å². The monoisotopic (exact) mass is 355 g/mol. The lowest BCUT2D eigenvalue weighted by atomic mass is 9.87. The standard InChI is InChI=1S/C22H26FNO2/c1-26-22(18-8-3-2-4-9-18)19-13-15-24(16-14-19)21(25)12-11-17-7-5-6-10-20(17)23/h2-10,19,22H,11-16H2,1H3. The molecule has 1 unspecified atom stereocenters. The zero-order valence-electron chi connectivity index (χ0n) is 15.2. The van der Waals surface area contributed by atoms with E-state index in [0.717, 1.165) is 25.9 Å². The second-order valence-electron chi connectivity index (χ2n) is 6.88. The summed E-state index contributed by atoms with van der Waals surface area (Å²) in [7, 11) is 1.75. The first kappa shape index (κ1) is 18.6. The lowest BCUT2D eigenvalue weighted by Crippen LogP contribution is -2.40. The van der Waals surface area contributed by atoms with E-state index in [1.165, 1.54) is 11.6 Å². The van der Waals surface area contributed by atoms with Crippen molar-refractivity contribution < 1.29 is 13.9 Å². The molecular formula is C22H26FNO2. The predicted molar refractivity (Wildman–Crippen MR) is 100 cm³/mol. The fraction of sp³-hybridized carbons (Fsp3) is 0.409. The summed E-state index contributed by atoms with van der Waals surface area (Å²) in [5.74, 6) is 0.295. The lowest BCUT2D eigenvalue weighted by Gasteiger charge is -2.35. The summed E-state index contributed by atoms with van der Waals surface area (Å²) in [5, 5.41) is 0. The largest absolute Gasteiger partial charge is 0.376 e. The predicted octanol–water partition coefficient (Wildman–Crippen LogP) is 4.38. The summed E-state index contributed by atoms with van der Waals surface area (Å²) in [6, 6.07) is 16.9. The van der Waals surface area contributed by atoms with Crippen LogP contribution in [-0.2, 0) is 16.0 Å². The van der Waals surface area contributed by atoms with Crippen LogP contribution in [0, 0.1) is 11.7 Å². The maximum Gasteiger partial charge on any atom is 0.222 e. The Morgan fingerprint density at radius 1 is 1.12 bits per heavy atom. The second kappa shape index (κ2) is 8.95. The average molecular weight is 355 g/mol. The Kier molecular flexibility index (Phi) is 6.40. The fourth-order valence-corrected chi connectivity index (χ4v) is 3.80. The van der Waals surface area contributed by atoms with Gasteiger partial charge in [0.1, 0.15) is 5.82 Å². The van der Waals surface area contributed by atoms with Gasteiger partial charge in [-0.1, -0.05) is 48.5 Å². The number of amides is 1. The number of ether oxygens (including phenoxy) is 1. The number of nitrogens with zero attached hydrogens (tertiary/aromatic N) is 1. The van der Waals surface area contributed by atoms with Crippen LogP contribution >= 0.6 is 0 Å². The number of methoxy groups -OCH3 is 1. The van der Waals surface area contributed by atoms with Crippen molar-refractivity contribution in [2.45, 2.75) is 31.8 Å². The van der Waals surface area contributed by atoms with Gasteiger partial charge >= 0.3 is 0 Å². The molecule has 0 radical (unpaired) electrons. The number of piperidine rings is 1. The molecule has 26 heavy (non-hydrogen) atoms. The average Bonchev–Trinajstić information content (AvgIpc) is 2.69. The molecule has 1 saturated heterocycles. The van der Waals surface area contributed by atoms with Gasteiger partial charge in [-0.15, -0.1) is 0 Å². The third-order valence-electron chi connectivity index (χ3n) is 5.27. The molecule has 0 aromatic heterocycles. The zero-order chi connectivity index (χ0) is 18.4. The second-order valence-corrected chi connectivity index (χ2v) is 6.88. The molecule has 1 heterocycles. The molecule has 0 spiro atoms. The van der Waals surface area contributed by atoms with E-state index in [0.29, 0.717) is 24.3 Å². The number of hydrogen-bond donors (Lipinski definition) is 0. The highest BCUT2D eigenvalue weighted by atomic mass is 19.1. The molecule has 1 fully saturated rings. The third-order valence-corrected chi connectivity index (χ3v) is 5.27. The molecule has 2 aromatic carbocycles. The van der Waals surface area contributed by atoms with Gasteiger partial charge in [-0.3, -0.25) is 4.79 Å². The molecule has 3 nitrogen and oxygen atoms in total. The molecule has 4 heteroatoms. The molecule has 0 bridgehead atoms. The van der Waals surface area contributed by atoms with Crippen molar-refractivity contribution in [2.24, 2.45) is 5.92 Å². The Labute approximate surface area is 154 Å². The Balaban J connectivity index is 1.51. The molecule has 1 amide bonds. The fourth-order valence-electron chi connectivity index (χ4n) is 3.80. The van der Waals surface area contributed by atoms with Gasteiger partial charge in [0, 0.05) is 26.6 Å². The summed E-state index contributed by atoms with van der Waals surface area (Å²) in [4.78, 5) is 14.4. The minimum absolute atomic E-state index is 0.0758. The van der Waals surface area contributed by atoms with Crippen molar-refractivity contribution in [1.82, 2.24) is 4.90 Å². The molecule has 0 N–H and O–H groups in total. The van der Waals surface area contributed by atoms with Gasteiger partial charge in [0.2, 0.25) is 5.91 Å². The van der Waals surface area contributed by atoms with E-state index in [1.807, 2.05) is 29.2 Å². The van der Waals surface area contributed by atoms with Gasteiger partial charge in [-0.25, -0.2) is 4.39 Å². The van der Waals surface area contributed by atoms with Gasteiger partial charge in [-0.2, -0.15) is 0 Å². The van der Waals surface area contributed by atoms with Crippen LogP contribution in [-0.4, -0.2) is 31.0 Å². The van der Waals surface area contributed by atoms with E-state index in [-0.39, 0.29) is 17.8 Å². The maximum atomic E-state index is 13.7. The van der Waals surface area contributed by atoms with Crippen LogP contribution in [0.5, 0.6) is 0 Å². The SMILES string of the molecule is COC(c1ccccc1)C1CCN(C(=O)CCc2ccccc2F)CC1. The summed E-state index contributed by atoms with van der Waals surface area (Å²) in [5.41, 5.74) is 1.80. The molecule has 0 saturated carbocycles. The van der Waals surface area contributed by atoms with Crippen LogP contribution in [0.1, 0.15) is 36.5 Å². The third kappa shape index (κ3) is 4.50. The Morgan fingerprint density at radius 3 is 2.42 bits per heavy atom. The number of carbonyl (C=O) groups excluding carboxylic acids is 1. The molecule has 138 valence electrons. The zero-order valence-corrected chi connectivity index (χ0v) is 15.2. The summed E-state index contributed by atoms with van der Waals surface area (Å²) >= 11 is 0. The highest BCUT2D eigenvalue weighted by molar-refractivity contribution is 5.76. The highest BCUT2D eigenvalue weighted by Crippen LogP contribution is 2.33. The van der Waals surface area contributed by atoms with E-state index >= 15 is 0 Å². The van der Waals surface area contributed by atoms with E-state index < -0.39 is 0 Å². The minimum Gasteiger partial charge on any atom is -0.376 e. The highest BCUT2D eigenvalue weighted by Gasteiger charge is 2.29. The number of halogens is 1. The van der Waals surface area contributed by atoms with E-state index in [2.05, 4.69) is 12.1 Å². The van der Waals surface area contributed by atoms with Crippen molar-refractivity contribution in [3.8, 4) is 0 Å². The molecule has 1 aliphatic rings. The number of hydrogen-bond acceptors (Lipinski definition) is 2. The summed E-state index contributed by atoms with van der Waals surface area (Å²) in [6.07, 6.45) is 2.75. The number of rotatable bonds is 6. The van der Waals surface area contributed by atoms with Crippen molar-refractivity contribution in [2.75, 3.05) is 20.2 Å². The summed E-state index contributed by atoms with van der Waals surface area (Å²) < 4.78 is 19.4. The molecule has 1 atom stereocenters. The van der Waals surface area contributed by atoms with Crippen LogP contribution in [0.2, 0.25) is 0 Å². The first-order valence-electron chi connectivity index (χ1n) is 9.28. The minimum atomic E-state index is -0.232. The van der Waals surface area contributed by atoms with Gasteiger partial charge in [0.05, 0.1) is 6.10 Å². The Morgan fingerprint density at radius 2 is 1.77 bits per heavy atom. The molecule has 1 aliphatic heterocycles. The van der Waals surface area contributed by atoms with Gasteiger partial charge in [0.25, 0.3) is 0 Å². The molecule has 2 aromatic rings. The Hall–Kier alpha value is -2.20. The quantitative estimate of drug-likeness (QED) is 0.769. The van der Waals surface area contributed by atoms with E-state index in [4.69, 9.17) is 4.74 Å². The first-order valence-corrected chi connectivity index (χ1v) is 9.28. The van der Waals surface area contributed by atoms with Gasteiger partial charge < -0.3 is 9.64 Å². The first-order chi connectivity index (χ1) is 12.7.